The van der Waals surface area contributed by atoms with Gasteiger partial charge in [-0.05, 0) is 60.9 Å². The first-order valence-corrected chi connectivity index (χ1v) is 10.3. The van der Waals surface area contributed by atoms with Crippen LogP contribution >= 0.6 is 0 Å². The summed E-state index contributed by atoms with van der Waals surface area (Å²) in [5.41, 5.74) is 6.51. The number of nitrogens with zero attached hydrogens (tertiary/aromatic N) is 3. The summed E-state index contributed by atoms with van der Waals surface area (Å²) in [5, 5.41) is 9.16. The van der Waals surface area contributed by atoms with Gasteiger partial charge in [-0.25, -0.2) is 13.8 Å². The van der Waals surface area contributed by atoms with Gasteiger partial charge >= 0.3 is 0 Å². The normalized spacial score (nSPS) is 15.5. The summed E-state index contributed by atoms with van der Waals surface area (Å²) in [7, 11) is 0. The Morgan fingerprint density at radius 2 is 1.85 bits per heavy atom. The number of nitrogens with two attached hydrogens (primary N) is 1. The van der Waals surface area contributed by atoms with E-state index in [1.807, 2.05) is 0 Å². The number of nitriles is 1. The Kier molecular flexibility index (Phi) is 6.36. The van der Waals surface area contributed by atoms with E-state index in [4.69, 9.17) is 20.5 Å². The van der Waals surface area contributed by atoms with Crippen molar-refractivity contribution in [3.05, 3.63) is 77.5 Å². The molecule has 1 aromatic heterocycles. The summed E-state index contributed by atoms with van der Waals surface area (Å²) in [4.78, 5) is 18.0. The van der Waals surface area contributed by atoms with Crippen LogP contribution in [-0.4, -0.2) is 28.9 Å². The molecule has 3 aromatic rings. The fraction of sp³-hybridized carbons (Fsp3) is 0.208. The monoisotopic (exact) mass is 450 g/mol. The fourth-order valence-corrected chi connectivity index (χ4v) is 3.66. The van der Waals surface area contributed by atoms with E-state index in [-0.39, 0.29) is 23.1 Å². The molecule has 1 atom stereocenters. The third-order valence-corrected chi connectivity index (χ3v) is 5.33. The van der Waals surface area contributed by atoms with E-state index in [1.165, 1.54) is 18.2 Å². The number of aromatic nitrogens is 1. The highest BCUT2D eigenvalue weighted by molar-refractivity contribution is 5.95. The van der Waals surface area contributed by atoms with Crippen LogP contribution in [0.25, 0.3) is 0 Å². The number of piperidine rings is 1. The van der Waals surface area contributed by atoms with E-state index in [0.29, 0.717) is 18.0 Å². The van der Waals surface area contributed by atoms with Crippen molar-refractivity contribution in [3.63, 3.8) is 0 Å². The summed E-state index contributed by atoms with van der Waals surface area (Å²) >= 11 is 0. The molecule has 1 aliphatic rings. The molecule has 7 nitrogen and oxygen atoms in total. The Hall–Kier alpha value is -4.19. The van der Waals surface area contributed by atoms with Gasteiger partial charge in [0, 0.05) is 31.3 Å². The Balaban J connectivity index is 1.50. The maximum absolute atomic E-state index is 13.8. The first kappa shape index (κ1) is 22.0. The van der Waals surface area contributed by atoms with Gasteiger partial charge in [0.1, 0.15) is 22.9 Å². The average Bonchev–Trinajstić information content (AvgIpc) is 2.82. The van der Waals surface area contributed by atoms with E-state index >= 15 is 0 Å². The Bertz CT molecular complexity index is 1210. The molecule has 4 rings (SSSR count). The largest absolute Gasteiger partial charge is 0.454 e. The quantitative estimate of drug-likeness (QED) is 0.546. The summed E-state index contributed by atoms with van der Waals surface area (Å²) in [5.74, 6) is -1.52. The van der Waals surface area contributed by atoms with Crippen molar-refractivity contribution in [2.24, 2.45) is 5.73 Å². The molecule has 9 heteroatoms. The zero-order chi connectivity index (χ0) is 23.4. The number of halogens is 2. The van der Waals surface area contributed by atoms with Crippen molar-refractivity contribution in [1.29, 1.82) is 5.26 Å². The lowest BCUT2D eigenvalue weighted by Gasteiger charge is -2.29. The highest BCUT2D eigenvalue weighted by Gasteiger charge is 2.23. The number of carbonyl (C=O) groups is 1. The van der Waals surface area contributed by atoms with Gasteiger partial charge in [-0.3, -0.25) is 4.79 Å². The molecule has 2 N–H and O–H groups in total. The molecule has 0 bridgehead atoms. The second-order valence-electron chi connectivity index (χ2n) is 7.62. The zero-order valence-electron chi connectivity index (χ0n) is 17.5. The molecule has 0 unspecified atom stereocenters. The lowest BCUT2D eigenvalue weighted by molar-refractivity contribution is 0.0997. The van der Waals surface area contributed by atoms with E-state index in [1.54, 1.807) is 29.3 Å². The number of hydrogen-bond acceptors (Lipinski definition) is 6. The highest BCUT2D eigenvalue weighted by Crippen LogP contribution is 2.32. The summed E-state index contributed by atoms with van der Waals surface area (Å²) in [6, 6.07) is 10.9. The van der Waals surface area contributed by atoms with Gasteiger partial charge < -0.3 is 20.1 Å². The van der Waals surface area contributed by atoms with Crippen molar-refractivity contribution in [3.8, 4) is 29.3 Å². The minimum Gasteiger partial charge on any atom is -0.454 e. The number of primary amides is 1. The molecule has 1 amide bonds. The van der Waals surface area contributed by atoms with Crippen molar-refractivity contribution >= 4 is 5.91 Å². The van der Waals surface area contributed by atoms with Gasteiger partial charge in [0.25, 0.3) is 5.91 Å². The number of rotatable bonds is 6. The number of ether oxygens (including phenoxy) is 2. The van der Waals surface area contributed by atoms with E-state index in [2.05, 4.69) is 11.2 Å². The van der Waals surface area contributed by atoms with Gasteiger partial charge in [-0.15, -0.1) is 0 Å². The lowest BCUT2D eigenvalue weighted by atomic mass is 9.91. The van der Waals surface area contributed by atoms with Crippen LogP contribution in [0.1, 0.15) is 34.7 Å². The van der Waals surface area contributed by atoms with Crippen molar-refractivity contribution in [2.75, 3.05) is 13.1 Å². The van der Waals surface area contributed by atoms with E-state index < -0.39 is 17.5 Å². The van der Waals surface area contributed by atoms with E-state index in [9.17, 15) is 13.6 Å². The molecule has 33 heavy (non-hydrogen) atoms. The average molecular weight is 450 g/mol. The first-order valence-electron chi connectivity index (χ1n) is 10.3. The SMILES string of the molecule is N#CN1CCC[C@@H](c2cnc(Oc3ccc(Oc4ccc(F)cc4F)cc3)c(C(N)=O)c2)C1. The van der Waals surface area contributed by atoms with Crippen LogP contribution in [0.15, 0.2) is 54.7 Å². The predicted molar refractivity (Wildman–Crippen MR) is 115 cm³/mol. The van der Waals surface area contributed by atoms with E-state index in [0.717, 1.165) is 37.1 Å². The molecule has 0 spiro atoms. The highest BCUT2D eigenvalue weighted by atomic mass is 19.1. The van der Waals surface area contributed by atoms with Crippen molar-refractivity contribution < 1.29 is 23.0 Å². The maximum Gasteiger partial charge on any atom is 0.254 e. The Morgan fingerprint density at radius 1 is 1.12 bits per heavy atom. The number of benzene rings is 2. The van der Waals surface area contributed by atoms with Crippen molar-refractivity contribution in [1.82, 2.24) is 9.88 Å². The Morgan fingerprint density at radius 3 is 2.52 bits per heavy atom. The number of hydrogen-bond donors (Lipinski definition) is 1. The minimum atomic E-state index is -0.818. The molecule has 0 saturated carbocycles. The summed E-state index contributed by atoms with van der Waals surface area (Å²) in [6.07, 6.45) is 5.54. The van der Waals surface area contributed by atoms with Gasteiger partial charge in [0.2, 0.25) is 5.88 Å². The molecule has 1 fully saturated rings. The molecule has 2 heterocycles. The van der Waals surface area contributed by atoms with Crippen molar-refractivity contribution in [2.45, 2.75) is 18.8 Å². The van der Waals surface area contributed by atoms with Crippen LogP contribution in [-0.2, 0) is 0 Å². The minimum absolute atomic E-state index is 0.0532. The second kappa shape index (κ2) is 9.53. The Labute approximate surface area is 189 Å². The molecule has 0 aliphatic carbocycles. The molecular formula is C24H20F2N4O3. The number of likely N-dealkylation sites (tertiary alicyclic amines) is 1. The standard InChI is InChI=1S/C24H20F2N4O3/c25-17-3-8-22(21(26)11-17)32-18-4-6-19(7-5-18)33-24-20(23(28)31)10-16(12-29-24)15-2-1-9-30(13-15)14-27/h3-8,10-12,15H,1-2,9,13H2,(H2,28,31)/t15-/m1/s1. The molecule has 1 aliphatic heterocycles. The molecule has 168 valence electrons. The maximum atomic E-state index is 13.8. The number of pyridine rings is 1. The first-order chi connectivity index (χ1) is 15.9. The van der Waals surface area contributed by atoms with Gasteiger partial charge in [0.05, 0.1) is 0 Å². The van der Waals surface area contributed by atoms with Crippen LogP contribution in [0, 0.1) is 23.1 Å². The number of carbonyl (C=O) groups excluding carboxylic acids is 1. The van der Waals surface area contributed by atoms with Gasteiger partial charge in [0.15, 0.2) is 17.8 Å². The van der Waals surface area contributed by atoms with Crippen LogP contribution in [0.3, 0.4) is 0 Å². The summed E-state index contributed by atoms with van der Waals surface area (Å²) in [6.45, 7) is 1.28. The smallest absolute Gasteiger partial charge is 0.254 e. The van der Waals surface area contributed by atoms with Crippen LogP contribution < -0.4 is 15.2 Å². The molecule has 2 aromatic carbocycles. The second-order valence-corrected chi connectivity index (χ2v) is 7.62. The molecule has 1 saturated heterocycles. The molecular weight excluding hydrogens is 430 g/mol. The topological polar surface area (TPSA) is 101 Å². The number of amides is 1. The van der Waals surface area contributed by atoms with Crippen LogP contribution in [0.5, 0.6) is 23.1 Å². The summed E-state index contributed by atoms with van der Waals surface area (Å²) < 4.78 is 38.0. The predicted octanol–water partition coefficient (Wildman–Crippen LogP) is 4.70. The third-order valence-electron chi connectivity index (χ3n) is 5.33. The van der Waals surface area contributed by atoms with Crippen LogP contribution in [0.2, 0.25) is 0 Å². The van der Waals surface area contributed by atoms with Gasteiger partial charge in [-0.2, -0.15) is 5.26 Å². The van der Waals surface area contributed by atoms with Crippen LogP contribution in [0.4, 0.5) is 8.78 Å². The fourth-order valence-electron chi connectivity index (χ4n) is 3.66. The lowest BCUT2D eigenvalue weighted by Crippen LogP contribution is -2.30. The zero-order valence-corrected chi connectivity index (χ0v) is 17.5. The molecule has 0 radical (unpaired) electrons. The third kappa shape index (κ3) is 5.18. The van der Waals surface area contributed by atoms with Gasteiger partial charge in [-0.1, -0.05) is 0 Å².